The number of imide groups is 2. The summed E-state index contributed by atoms with van der Waals surface area (Å²) in [6.45, 7) is 4.63. The normalized spacial score (nSPS) is 15.4. The van der Waals surface area contributed by atoms with Crippen molar-refractivity contribution in [2.45, 2.75) is 31.8 Å². The number of piperidine rings is 1. The van der Waals surface area contributed by atoms with Crippen LogP contribution in [0.15, 0.2) is 85.2 Å². The summed E-state index contributed by atoms with van der Waals surface area (Å²) in [6.07, 6.45) is 3.70. The average Bonchev–Trinajstić information content (AvgIpc) is 3.85. The van der Waals surface area contributed by atoms with Crippen molar-refractivity contribution in [2.24, 2.45) is 0 Å². The Labute approximate surface area is 350 Å². The Kier molecular flexibility index (Phi) is 13.4. The highest BCUT2D eigenvalue weighted by molar-refractivity contribution is 6.25. The van der Waals surface area contributed by atoms with Gasteiger partial charge in [-0.05, 0) is 61.4 Å². The Morgan fingerprint density at radius 3 is 2.31 bits per heavy atom. The van der Waals surface area contributed by atoms with E-state index in [9.17, 15) is 29.1 Å². The summed E-state index contributed by atoms with van der Waals surface area (Å²) >= 11 is 0. The van der Waals surface area contributed by atoms with Crippen LogP contribution in [0.3, 0.4) is 0 Å². The molecule has 0 saturated carbocycles. The van der Waals surface area contributed by atoms with E-state index in [1.54, 1.807) is 71.5 Å². The lowest BCUT2D eigenvalue weighted by atomic mass is 10.0. The Morgan fingerprint density at radius 2 is 1.57 bits per heavy atom. The number of carbonyl (C=O) groups excluding carboxylic acids is 5. The number of ether oxygens (including phenoxy) is 3. The van der Waals surface area contributed by atoms with Crippen molar-refractivity contribution < 1.29 is 43.3 Å². The maximum Gasteiger partial charge on any atom is 0.264 e. The minimum absolute atomic E-state index is 0.0514. The van der Waals surface area contributed by atoms with Crippen molar-refractivity contribution in [2.75, 3.05) is 63.8 Å². The molecule has 7 rings (SSSR count). The Bertz CT molecular complexity index is 2420. The molecule has 5 amide bonds. The fourth-order valence-corrected chi connectivity index (χ4v) is 7.01. The third-order valence-electron chi connectivity index (χ3n) is 10.3. The number of nitrogens with zero attached hydrogens (tertiary/aromatic N) is 5. The van der Waals surface area contributed by atoms with Gasteiger partial charge in [0.05, 0.1) is 68.7 Å². The maximum absolute atomic E-state index is 13.2. The molecule has 1 fully saturated rings. The number of nitrogen functional groups attached to an aromatic ring is 1. The van der Waals surface area contributed by atoms with E-state index >= 15 is 0 Å². The van der Waals surface area contributed by atoms with Crippen LogP contribution in [-0.2, 0) is 23.8 Å². The van der Waals surface area contributed by atoms with Crippen LogP contribution in [0.4, 0.5) is 11.5 Å². The molecule has 6 N–H and O–H groups in total. The molecule has 2 unspecified atom stereocenters. The quantitative estimate of drug-likeness (QED) is 0.0593. The summed E-state index contributed by atoms with van der Waals surface area (Å²) in [4.78, 5) is 63.8. The van der Waals surface area contributed by atoms with Gasteiger partial charge in [-0.2, -0.15) is 5.10 Å². The van der Waals surface area contributed by atoms with Gasteiger partial charge in [-0.15, -0.1) is 10.2 Å². The zero-order valence-electron chi connectivity index (χ0n) is 33.3. The van der Waals surface area contributed by atoms with Gasteiger partial charge in [0, 0.05) is 53.6 Å². The SMILES string of the molecule is CC(c1ccc(C(=O)NCCOCCOCCOCCNc2cccc3c2C(=O)N(C2CCC(=O)NC2=O)C3=O)cc1)n1cc(-c2cc(-c3ccccc3O)nnc2N)cn1. The molecular weight excluding hydrogens is 787 g/mol. The fourth-order valence-electron chi connectivity index (χ4n) is 7.01. The maximum atomic E-state index is 13.2. The summed E-state index contributed by atoms with van der Waals surface area (Å²) in [5, 5.41) is 31.2. The number of hydrogen-bond acceptors (Lipinski definition) is 14. The molecule has 18 heteroatoms. The summed E-state index contributed by atoms with van der Waals surface area (Å²) in [5.41, 5.74) is 10.9. The van der Waals surface area contributed by atoms with Gasteiger partial charge >= 0.3 is 0 Å². The van der Waals surface area contributed by atoms with Gasteiger partial charge in [0.25, 0.3) is 17.7 Å². The zero-order chi connectivity index (χ0) is 42.9. The molecule has 0 aliphatic carbocycles. The first kappa shape index (κ1) is 42.1. The Morgan fingerprint density at radius 1 is 0.869 bits per heavy atom. The summed E-state index contributed by atoms with van der Waals surface area (Å²) in [6, 6.07) is 19.6. The van der Waals surface area contributed by atoms with Gasteiger partial charge in [0.1, 0.15) is 11.8 Å². The minimum atomic E-state index is -1.03. The van der Waals surface area contributed by atoms with Gasteiger partial charge < -0.3 is 35.7 Å². The molecule has 4 heterocycles. The van der Waals surface area contributed by atoms with E-state index in [-0.39, 0.29) is 47.5 Å². The number of phenolic OH excluding ortho intramolecular Hbond substituents is 1. The topological polar surface area (TPSA) is 242 Å². The van der Waals surface area contributed by atoms with Crippen molar-refractivity contribution in [1.29, 1.82) is 0 Å². The molecule has 61 heavy (non-hydrogen) atoms. The molecule has 2 aliphatic rings. The van der Waals surface area contributed by atoms with E-state index in [1.165, 1.54) is 0 Å². The largest absolute Gasteiger partial charge is 0.507 e. The van der Waals surface area contributed by atoms with Gasteiger partial charge in [0.15, 0.2) is 5.82 Å². The molecule has 0 spiro atoms. The van der Waals surface area contributed by atoms with Gasteiger partial charge in [-0.1, -0.05) is 30.3 Å². The first-order valence-electron chi connectivity index (χ1n) is 19.8. The number of benzene rings is 3. The number of para-hydroxylation sites is 1. The lowest BCUT2D eigenvalue weighted by Gasteiger charge is -2.27. The van der Waals surface area contributed by atoms with E-state index in [4.69, 9.17) is 19.9 Å². The summed E-state index contributed by atoms with van der Waals surface area (Å²) in [5.74, 6) is -2.12. The number of aromatic hydroxyl groups is 1. The molecule has 3 aromatic carbocycles. The van der Waals surface area contributed by atoms with Crippen LogP contribution in [-0.4, -0.2) is 118 Å². The Hall–Kier alpha value is -7.02. The fraction of sp³-hybridized carbons (Fsp3) is 0.302. The van der Waals surface area contributed by atoms with Crippen molar-refractivity contribution >= 4 is 41.0 Å². The van der Waals surface area contributed by atoms with E-state index in [0.29, 0.717) is 80.8 Å². The molecule has 2 atom stereocenters. The third kappa shape index (κ3) is 9.73. The number of phenols is 1. The second-order valence-corrected chi connectivity index (χ2v) is 14.2. The highest BCUT2D eigenvalue weighted by Crippen LogP contribution is 2.34. The number of amides is 5. The molecule has 5 aromatic rings. The van der Waals surface area contributed by atoms with Crippen molar-refractivity contribution in [3.8, 4) is 28.1 Å². The number of rotatable bonds is 19. The first-order valence-corrected chi connectivity index (χ1v) is 19.8. The number of fused-ring (bicyclic) bond motifs is 1. The number of anilines is 2. The van der Waals surface area contributed by atoms with Crippen molar-refractivity contribution in [3.63, 3.8) is 0 Å². The second kappa shape index (κ2) is 19.4. The molecule has 2 aliphatic heterocycles. The molecule has 18 nitrogen and oxygen atoms in total. The van der Waals surface area contributed by atoms with E-state index in [1.807, 2.05) is 25.3 Å². The molecular formula is C43H45N9O9. The van der Waals surface area contributed by atoms with Crippen LogP contribution in [0.1, 0.15) is 62.4 Å². The molecule has 0 radical (unpaired) electrons. The van der Waals surface area contributed by atoms with Crippen LogP contribution in [0.25, 0.3) is 22.4 Å². The molecule has 316 valence electrons. The number of aromatic nitrogens is 4. The van der Waals surface area contributed by atoms with Crippen LogP contribution >= 0.6 is 0 Å². The third-order valence-corrected chi connectivity index (χ3v) is 10.3. The number of nitrogens with one attached hydrogen (secondary N) is 3. The highest BCUT2D eigenvalue weighted by atomic mass is 16.5. The van der Waals surface area contributed by atoms with Crippen molar-refractivity contribution in [3.05, 3.63) is 107 Å². The van der Waals surface area contributed by atoms with Crippen LogP contribution < -0.4 is 21.7 Å². The minimum Gasteiger partial charge on any atom is -0.507 e. The molecule has 2 aromatic heterocycles. The van der Waals surface area contributed by atoms with Gasteiger partial charge in [-0.25, -0.2) is 0 Å². The van der Waals surface area contributed by atoms with E-state index in [2.05, 4.69) is 31.2 Å². The number of carbonyl (C=O) groups is 5. The smallest absolute Gasteiger partial charge is 0.264 e. The predicted molar refractivity (Wildman–Crippen MR) is 221 cm³/mol. The Balaban J connectivity index is 0.754. The lowest BCUT2D eigenvalue weighted by Crippen LogP contribution is -2.54. The second-order valence-electron chi connectivity index (χ2n) is 14.2. The predicted octanol–water partition coefficient (Wildman–Crippen LogP) is 3.20. The first-order chi connectivity index (χ1) is 29.6. The lowest BCUT2D eigenvalue weighted by molar-refractivity contribution is -0.136. The molecule has 0 bridgehead atoms. The highest BCUT2D eigenvalue weighted by Gasteiger charge is 2.45. The zero-order valence-corrected chi connectivity index (χ0v) is 33.3. The number of nitrogens with two attached hydrogens (primary N) is 1. The van der Waals surface area contributed by atoms with E-state index < -0.39 is 29.7 Å². The average molecular weight is 832 g/mol. The van der Waals surface area contributed by atoms with Crippen LogP contribution in [0.2, 0.25) is 0 Å². The monoisotopic (exact) mass is 831 g/mol. The number of hydrogen-bond donors (Lipinski definition) is 5. The van der Waals surface area contributed by atoms with Crippen molar-refractivity contribution in [1.82, 2.24) is 35.5 Å². The van der Waals surface area contributed by atoms with Crippen LogP contribution in [0, 0.1) is 0 Å². The van der Waals surface area contributed by atoms with E-state index in [0.717, 1.165) is 16.0 Å². The summed E-state index contributed by atoms with van der Waals surface area (Å²) < 4.78 is 18.6. The molecule has 1 saturated heterocycles. The summed E-state index contributed by atoms with van der Waals surface area (Å²) in [7, 11) is 0. The standard InChI is InChI=1S/C43H45N9O9/c1-26(51-25-29(24-47-51)32-23-34(49-50-39(32)44)30-5-2-3-8-36(30)53)27-9-11-28(12-10-27)40(55)46-16-18-60-20-22-61-21-19-59-17-15-45-33-7-4-6-31-38(33)43(58)52(42(31)57)35-13-14-37(54)48-41(35)56/h2-12,23-26,35,45,53H,13-22H2,1H3,(H2,44,50)(H,46,55)(H,48,54,56). The van der Waals surface area contributed by atoms with Gasteiger partial charge in [-0.3, -0.25) is 38.9 Å². The van der Waals surface area contributed by atoms with Gasteiger partial charge in [0.2, 0.25) is 11.8 Å². The van der Waals surface area contributed by atoms with Crippen LogP contribution in [0.5, 0.6) is 5.75 Å².